The molecular weight excluding hydrogens is 358 g/mol. The van der Waals surface area contributed by atoms with Crippen molar-refractivity contribution in [2.45, 2.75) is 70.7 Å². The third kappa shape index (κ3) is 4.64. The number of hydrogen-bond donors (Lipinski definition) is 0. The lowest BCUT2D eigenvalue weighted by Crippen LogP contribution is -2.44. The molecule has 0 unspecified atom stereocenters. The molecular formula is C17H33NO5SSi. The van der Waals surface area contributed by atoms with Crippen molar-refractivity contribution >= 4 is 24.3 Å². The molecule has 6 nitrogen and oxygen atoms in total. The van der Waals surface area contributed by atoms with Crippen LogP contribution in [0, 0.1) is 5.41 Å². The van der Waals surface area contributed by atoms with E-state index in [1.54, 1.807) is 0 Å². The Morgan fingerprint density at radius 2 is 1.84 bits per heavy atom. The highest BCUT2D eigenvalue weighted by Crippen LogP contribution is 2.44. The molecule has 0 N–H and O–H groups in total. The van der Waals surface area contributed by atoms with E-state index >= 15 is 0 Å². The van der Waals surface area contributed by atoms with Gasteiger partial charge in [-0.1, -0.05) is 20.8 Å². The Kier molecular flexibility index (Phi) is 5.79. The Labute approximate surface area is 153 Å². The SMILES string of the molecule is CC(C)(C)[Si](C)(C)OCC[C@@H]1CC2(CCN(S(C)(=O)=O)CC2)C(=O)O1. The minimum atomic E-state index is -3.18. The van der Waals surface area contributed by atoms with Gasteiger partial charge < -0.3 is 9.16 Å². The number of esters is 1. The van der Waals surface area contributed by atoms with Gasteiger partial charge in [-0.3, -0.25) is 4.79 Å². The number of carbonyl (C=O) groups is 1. The summed E-state index contributed by atoms with van der Waals surface area (Å²) in [6.07, 6.45) is 3.62. The van der Waals surface area contributed by atoms with Crippen molar-refractivity contribution in [2.24, 2.45) is 5.41 Å². The van der Waals surface area contributed by atoms with Gasteiger partial charge in [0.25, 0.3) is 0 Å². The van der Waals surface area contributed by atoms with E-state index < -0.39 is 23.8 Å². The summed E-state index contributed by atoms with van der Waals surface area (Å²) in [6, 6.07) is 0. The Hall–Kier alpha value is -0.443. The summed E-state index contributed by atoms with van der Waals surface area (Å²) in [5, 5.41) is 0.166. The van der Waals surface area contributed by atoms with E-state index in [0.717, 1.165) is 6.42 Å². The van der Waals surface area contributed by atoms with Crippen LogP contribution in [0.2, 0.25) is 18.1 Å². The number of nitrogens with zero attached hydrogens (tertiary/aromatic N) is 1. The van der Waals surface area contributed by atoms with Gasteiger partial charge in [0.05, 0.1) is 11.7 Å². The molecule has 2 aliphatic heterocycles. The molecule has 0 aromatic heterocycles. The van der Waals surface area contributed by atoms with Crippen LogP contribution in [-0.2, 0) is 24.0 Å². The summed E-state index contributed by atoms with van der Waals surface area (Å²) in [5.41, 5.74) is -0.497. The largest absolute Gasteiger partial charge is 0.462 e. The molecule has 8 heteroatoms. The van der Waals surface area contributed by atoms with Crippen LogP contribution in [0.5, 0.6) is 0 Å². The summed E-state index contributed by atoms with van der Waals surface area (Å²) in [4.78, 5) is 12.4. The number of carbonyl (C=O) groups excluding carboxylic acids is 1. The van der Waals surface area contributed by atoms with Crippen LogP contribution in [-0.4, -0.2) is 59.1 Å². The zero-order valence-corrected chi connectivity index (χ0v) is 18.2. The van der Waals surface area contributed by atoms with Crippen molar-refractivity contribution in [1.82, 2.24) is 4.31 Å². The molecule has 0 amide bonds. The van der Waals surface area contributed by atoms with Gasteiger partial charge in [-0.05, 0) is 31.0 Å². The smallest absolute Gasteiger partial charge is 0.312 e. The Morgan fingerprint density at radius 1 is 1.28 bits per heavy atom. The molecule has 0 aromatic carbocycles. The predicted octanol–water partition coefficient (Wildman–Crippen LogP) is 2.76. The molecule has 0 aliphatic carbocycles. The first-order valence-corrected chi connectivity index (χ1v) is 13.8. The van der Waals surface area contributed by atoms with Crippen LogP contribution in [0.3, 0.4) is 0 Å². The Bertz CT molecular complexity index is 603. The van der Waals surface area contributed by atoms with E-state index in [9.17, 15) is 13.2 Å². The molecule has 0 radical (unpaired) electrons. The van der Waals surface area contributed by atoms with Crippen LogP contribution in [0.25, 0.3) is 0 Å². The lowest BCUT2D eigenvalue weighted by atomic mass is 9.76. The second-order valence-electron chi connectivity index (χ2n) is 9.07. The van der Waals surface area contributed by atoms with Crippen molar-refractivity contribution in [3.05, 3.63) is 0 Å². The minimum Gasteiger partial charge on any atom is -0.462 e. The second-order valence-corrected chi connectivity index (χ2v) is 15.9. The molecule has 1 atom stereocenters. The predicted molar refractivity (Wildman–Crippen MR) is 100 cm³/mol. The lowest BCUT2D eigenvalue weighted by Gasteiger charge is -2.36. The van der Waals surface area contributed by atoms with E-state index in [1.165, 1.54) is 10.6 Å². The van der Waals surface area contributed by atoms with Crippen molar-refractivity contribution < 1.29 is 22.4 Å². The number of cyclic esters (lactones) is 1. The van der Waals surface area contributed by atoms with Crippen molar-refractivity contribution in [2.75, 3.05) is 26.0 Å². The fourth-order valence-corrected chi connectivity index (χ4v) is 5.22. The van der Waals surface area contributed by atoms with Gasteiger partial charge in [0.15, 0.2) is 8.32 Å². The zero-order valence-electron chi connectivity index (χ0n) is 16.4. The number of hydrogen-bond acceptors (Lipinski definition) is 5. The molecule has 2 aliphatic rings. The summed E-state index contributed by atoms with van der Waals surface area (Å²) in [5.74, 6) is -0.155. The maximum atomic E-state index is 12.4. The fraction of sp³-hybridized carbons (Fsp3) is 0.941. The van der Waals surface area contributed by atoms with Crippen LogP contribution < -0.4 is 0 Å². The summed E-state index contributed by atoms with van der Waals surface area (Å²) >= 11 is 0. The summed E-state index contributed by atoms with van der Waals surface area (Å²) < 4.78 is 36.5. The number of sulfonamides is 1. The van der Waals surface area contributed by atoms with E-state index in [4.69, 9.17) is 9.16 Å². The first kappa shape index (κ1) is 20.9. The Balaban J connectivity index is 1.87. The average Bonchev–Trinajstić information content (AvgIpc) is 2.73. The first-order valence-electron chi connectivity index (χ1n) is 9.07. The molecule has 1 spiro atoms. The van der Waals surface area contributed by atoms with Crippen molar-refractivity contribution in [3.8, 4) is 0 Å². The summed E-state index contributed by atoms with van der Waals surface area (Å²) in [6.45, 7) is 12.5. The van der Waals surface area contributed by atoms with Gasteiger partial charge >= 0.3 is 5.97 Å². The van der Waals surface area contributed by atoms with Gasteiger partial charge in [-0.15, -0.1) is 0 Å². The van der Waals surface area contributed by atoms with Crippen molar-refractivity contribution in [1.29, 1.82) is 0 Å². The molecule has 2 heterocycles. The van der Waals surface area contributed by atoms with Crippen molar-refractivity contribution in [3.63, 3.8) is 0 Å². The fourth-order valence-electron chi connectivity index (χ4n) is 3.31. The van der Waals surface area contributed by atoms with Gasteiger partial charge in [-0.25, -0.2) is 12.7 Å². The number of ether oxygens (including phenoxy) is 1. The monoisotopic (exact) mass is 391 g/mol. The maximum Gasteiger partial charge on any atom is 0.312 e. The van der Waals surface area contributed by atoms with E-state index in [-0.39, 0.29) is 17.1 Å². The highest BCUT2D eigenvalue weighted by Gasteiger charge is 2.51. The quantitative estimate of drug-likeness (QED) is 0.532. The van der Waals surface area contributed by atoms with Crippen LogP contribution in [0.1, 0.15) is 46.5 Å². The second kappa shape index (κ2) is 6.94. The molecule has 2 saturated heterocycles. The number of piperidine rings is 1. The van der Waals surface area contributed by atoms with Crippen LogP contribution in [0.4, 0.5) is 0 Å². The van der Waals surface area contributed by atoms with Gasteiger partial charge in [0, 0.05) is 32.5 Å². The molecule has 2 rings (SSSR count). The van der Waals surface area contributed by atoms with Gasteiger partial charge in [-0.2, -0.15) is 0 Å². The average molecular weight is 392 g/mol. The normalized spacial score (nSPS) is 25.4. The highest BCUT2D eigenvalue weighted by molar-refractivity contribution is 7.88. The summed E-state index contributed by atoms with van der Waals surface area (Å²) in [7, 11) is -4.97. The third-order valence-corrected chi connectivity index (χ3v) is 12.0. The first-order chi connectivity index (χ1) is 11.3. The molecule has 2 fully saturated rings. The van der Waals surface area contributed by atoms with E-state index in [2.05, 4.69) is 33.9 Å². The molecule has 25 heavy (non-hydrogen) atoms. The van der Waals surface area contributed by atoms with E-state index in [0.29, 0.717) is 39.0 Å². The third-order valence-electron chi connectivity index (χ3n) is 6.18. The van der Waals surface area contributed by atoms with E-state index in [1.807, 2.05) is 0 Å². The standard InChI is InChI=1S/C17H33NO5SSi/c1-16(2,3)25(5,6)22-12-7-14-13-17(15(19)23-14)8-10-18(11-9-17)24(4,20)21/h14H,7-13H2,1-6H3/t14-/m1/s1. The molecule has 0 saturated carbocycles. The van der Waals surface area contributed by atoms with Crippen LogP contribution in [0.15, 0.2) is 0 Å². The minimum absolute atomic E-state index is 0.109. The highest BCUT2D eigenvalue weighted by atomic mass is 32.2. The van der Waals surface area contributed by atoms with Gasteiger partial charge in [0.2, 0.25) is 10.0 Å². The number of rotatable bonds is 5. The zero-order chi connectivity index (χ0) is 19.1. The molecule has 146 valence electrons. The topological polar surface area (TPSA) is 72.9 Å². The Morgan fingerprint density at radius 3 is 2.32 bits per heavy atom. The lowest BCUT2D eigenvalue weighted by molar-refractivity contribution is -0.150. The molecule has 0 bridgehead atoms. The molecule has 0 aromatic rings. The van der Waals surface area contributed by atoms with Gasteiger partial charge in [0.1, 0.15) is 6.10 Å². The maximum absolute atomic E-state index is 12.4. The van der Waals surface area contributed by atoms with Crippen LogP contribution >= 0.6 is 0 Å².